The molecule has 1 radical (unpaired) electrons. The van der Waals surface area contributed by atoms with Gasteiger partial charge in [-0.2, -0.15) is 11.8 Å². The third-order valence-corrected chi connectivity index (χ3v) is 3.13. The lowest BCUT2D eigenvalue weighted by atomic mass is 10.1. The van der Waals surface area contributed by atoms with E-state index in [9.17, 15) is 5.11 Å². The zero-order chi connectivity index (χ0) is 6.53. The van der Waals surface area contributed by atoms with Gasteiger partial charge in [0, 0.05) is 5.25 Å². The molecule has 0 aromatic heterocycles. The smallest absolute Gasteiger partial charge is 0.0822 e. The maximum atomic E-state index is 10.0. The zero-order valence-corrected chi connectivity index (χ0v) is 6.45. The highest BCUT2D eigenvalue weighted by molar-refractivity contribution is 8.01. The van der Waals surface area contributed by atoms with Gasteiger partial charge in [0.1, 0.15) is 0 Å². The van der Waals surface area contributed by atoms with Crippen molar-refractivity contribution in [2.75, 3.05) is 12.4 Å². The Morgan fingerprint density at radius 2 is 2.22 bits per heavy atom. The van der Waals surface area contributed by atoms with Crippen LogP contribution < -0.4 is 0 Å². The van der Waals surface area contributed by atoms with E-state index >= 15 is 0 Å². The first-order valence-electron chi connectivity index (χ1n) is 3.63. The molecular weight excluding hydrogens is 132 g/mol. The molecule has 1 aliphatic rings. The highest BCUT2D eigenvalue weighted by Gasteiger charge is 2.16. The van der Waals surface area contributed by atoms with E-state index in [2.05, 4.69) is 11.8 Å². The molecule has 0 amide bonds. The van der Waals surface area contributed by atoms with Crippen molar-refractivity contribution < 1.29 is 5.11 Å². The Balaban J connectivity index is 1.80. The zero-order valence-electron chi connectivity index (χ0n) is 5.64. The van der Waals surface area contributed by atoms with Gasteiger partial charge in [-0.25, -0.2) is 5.11 Å². The van der Waals surface area contributed by atoms with Crippen molar-refractivity contribution in [1.82, 2.24) is 0 Å². The molecule has 1 aliphatic heterocycles. The van der Waals surface area contributed by atoms with Crippen LogP contribution in [0, 0.1) is 0 Å². The summed E-state index contributed by atoms with van der Waals surface area (Å²) in [7, 11) is 0. The van der Waals surface area contributed by atoms with E-state index in [1.54, 1.807) is 0 Å². The van der Waals surface area contributed by atoms with Crippen LogP contribution in [0.5, 0.6) is 0 Å². The molecule has 1 fully saturated rings. The summed E-state index contributed by atoms with van der Waals surface area (Å²) in [5.74, 6) is 1.35. The molecule has 0 aromatic carbocycles. The van der Waals surface area contributed by atoms with Crippen LogP contribution in [0.3, 0.4) is 0 Å². The molecule has 0 spiro atoms. The van der Waals surface area contributed by atoms with Gasteiger partial charge in [0.15, 0.2) is 0 Å². The lowest BCUT2D eigenvalue weighted by Gasteiger charge is -2.24. The van der Waals surface area contributed by atoms with Gasteiger partial charge in [-0.1, -0.05) is 0 Å². The van der Waals surface area contributed by atoms with Crippen LogP contribution in [0.15, 0.2) is 0 Å². The van der Waals surface area contributed by atoms with Gasteiger partial charge >= 0.3 is 0 Å². The molecule has 0 N–H and O–H groups in total. The molecule has 1 unspecified atom stereocenters. The summed E-state index contributed by atoms with van der Waals surface area (Å²) in [6.07, 6.45) is 4.72. The number of hydrogen-bond acceptors (Lipinski definition) is 1. The highest BCUT2D eigenvalue weighted by atomic mass is 32.2. The monoisotopic (exact) mass is 145 g/mol. The third-order valence-electron chi connectivity index (χ3n) is 1.71. The molecule has 0 aliphatic carbocycles. The lowest BCUT2D eigenvalue weighted by Crippen LogP contribution is -2.14. The Bertz CT molecular complexity index is 71.3. The lowest BCUT2D eigenvalue weighted by molar-refractivity contribution is 0.186. The predicted molar refractivity (Wildman–Crippen MR) is 40.3 cm³/mol. The average molecular weight is 145 g/mol. The van der Waals surface area contributed by atoms with Crippen molar-refractivity contribution in [1.29, 1.82) is 0 Å². The van der Waals surface area contributed by atoms with Crippen molar-refractivity contribution in [3.05, 3.63) is 0 Å². The fraction of sp³-hybridized carbons (Fsp3) is 1.00. The number of thioether (sulfide) groups is 1. The number of rotatable bonds is 4. The fourth-order valence-corrected chi connectivity index (χ4v) is 1.89. The van der Waals surface area contributed by atoms with Gasteiger partial charge < -0.3 is 0 Å². The Morgan fingerprint density at radius 3 is 2.67 bits per heavy atom. The van der Waals surface area contributed by atoms with Crippen LogP contribution in [0.25, 0.3) is 0 Å². The summed E-state index contributed by atoms with van der Waals surface area (Å²) < 4.78 is 0. The standard InChI is InChI=1S/C7H13OS/c8-5-2-1-3-7-4-6-9-7/h7H,1-6H2. The van der Waals surface area contributed by atoms with Crippen molar-refractivity contribution in [3.8, 4) is 0 Å². The van der Waals surface area contributed by atoms with Crippen molar-refractivity contribution in [2.45, 2.75) is 30.9 Å². The van der Waals surface area contributed by atoms with Crippen LogP contribution in [-0.2, 0) is 5.11 Å². The number of hydrogen-bond donors (Lipinski definition) is 0. The maximum Gasteiger partial charge on any atom is 0.0822 e. The molecule has 0 aromatic rings. The first-order chi connectivity index (χ1) is 4.43. The summed E-state index contributed by atoms with van der Waals surface area (Å²) in [5, 5.41) is 10.9. The van der Waals surface area contributed by atoms with Gasteiger partial charge in [-0.15, -0.1) is 0 Å². The molecule has 1 rings (SSSR count). The van der Waals surface area contributed by atoms with E-state index in [4.69, 9.17) is 0 Å². The van der Waals surface area contributed by atoms with Gasteiger partial charge in [-0.3, -0.25) is 0 Å². The molecule has 1 saturated heterocycles. The van der Waals surface area contributed by atoms with Crippen molar-refractivity contribution in [3.63, 3.8) is 0 Å². The normalized spacial score (nSPS) is 25.7. The summed E-state index contributed by atoms with van der Waals surface area (Å²) in [6.45, 7) is 0.122. The second-order valence-corrected chi connectivity index (χ2v) is 3.89. The van der Waals surface area contributed by atoms with Crippen LogP contribution >= 0.6 is 11.8 Å². The van der Waals surface area contributed by atoms with E-state index in [0.717, 1.165) is 18.1 Å². The predicted octanol–water partition coefficient (Wildman–Crippen LogP) is 2.09. The summed E-state index contributed by atoms with van der Waals surface area (Å²) in [5.41, 5.74) is 0. The Kier molecular flexibility index (Phi) is 3.44. The van der Waals surface area contributed by atoms with Crippen LogP contribution in [-0.4, -0.2) is 17.6 Å². The van der Waals surface area contributed by atoms with E-state index in [1.165, 1.54) is 18.6 Å². The van der Waals surface area contributed by atoms with E-state index < -0.39 is 0 Å². The van der Waals surface area contributed by atoms with Gasteiger partial charge in [0.05, 0.1) is 6.61 Å². The molecule has 9 heavy (non-hydrogen) atoms. The molecule has 2 heteroatoms. The van der Waals surface area contributed by atoms with Crippen LogP contribution in [0.4, 0.5) is 0 Å². The first kappa shape index (κ1) is 7.42. The van der Waals surface area contributed by atoms with Crippen molar-refractivity contribution >= 4 is 11.8 Å². The van der Waals surface area contributed by atoms with E-state index in [-0.39, 0.29) is 6.61 Å². The van der Waals surface area contributed by atoms with Crippen LogP contribution in [0.1, 0.15) is 25.7 Å². The average Bonchev–Trinajstić information content (AvgIpc) is 1.76. The second-order valence-electron chi connectivity index (χ2n) is 2.48. The quantitative estimate of drug-likeness (QED) is 0.554. The third kappa shape index (κ3) is 2.59. The van der Waals surface area contributed by atoms with Gasteiger partial charge in [-0.05, 0) is 31.4 Å². The highest BCUT2D eigenvalue weighted by Crippen LogP contribution is 2.31. The molecular formula is C7H13OS. The van der Waals surface area contributed by atoms with Gasteiger partial charge in [0.2, 0.25) is 0 Å². The van der Waals surface area contributed by atoms with Gasteiger partial charge in [0.25, 0.3) is 0 Å². The summed E-state index contributed by atoms with van der Waals surface area (Å²) >= 11 is 2.05. The minimum absolute atomic E-state index is 0.122. The minimum Gasteiger partial charge on any atom is -0.237 e. The first-order valence-corrected chi connectivity index (χ1v) is 4.68. The van der Waals surface area contributed by atoms with Crippen LogP contribution in [0.2, 0.25) is 0 Å². The molecule has 0 bridgehead atoms. The fourth-order valence-electron chi connectivity index (χ4n) is 0.986. The van der Waals surface area contributed by atoms with Crippen molar-refractivity contribution in [2.24, 2.45) is 0 Å². The Labute approximate surface area is 60.8 Å². The van der Waals surface area contributed by atoms with E-state index in [1.807, 2.05) is 0 Å². The largest absolute Gasteiger partial charge is 0.237 e. The maximum absolute atomic E-state index is 10.0. The Hall–Kier alpha value is 0.310. The van der Waals surface area contributed by atoms with E-state index in [0.29, 0.717) is 0 Å². The summed E-state index contributed by atoms with van der Waals surface area (Å²) in [6, 6.07) is 0. The molecule has 1 atom stereocenters. The SMILES string of the molecule is [O]CCCCC1CCS1. The molecule has 0 saturated carbocycles. The Morgan fingerprint density at radius 1 is 1.44 bits per heavy atom. The molecule has 1 nitrogen and oxygen atoms in total. The second kappa shape index (κ2) is 4.18. The molecule has 53 valence electrons. The molecule has 1 heterocycles. The topological polar surface area (TPSA) is 19.9 Å². The number of unbranched alkanes of at least 4 members (excludes halogenated alkanes) is 1. The summed E-state index contributed by atoms with van der Waals surface area (Å²) in [4.78, 5) is 0. The minimum atomic E-state index is 0.122.